The molecule has 0 saturated carbocycles. The summed E-state index contributed by atoms with van der Waals surface area (Å²) >= 11 is 0. The maximum absolute atomic E-state index is 3.04. The van der Waals surface area contributed by atoms with E-state index >= 15 is 0 Å². The zero-order valence-corrected chi connectivity index (χ0v) is 6.49. The van der Waals surface area contributed by atoms with E-state index in [9.17, 15) is 0 Å². The Bertz CT molecular complexity index is 151. The second-order valence-corrected chi connectivity index (χ2v) is 2.09. The van der Waals surface area contributed by atoms with Crippen LogP contribution in [0, 0.1) is 0 Å². The highest BCUT2D eigenvalue weighted by molar-refractivity contribution is 4.97. The van der Waals surface area contributed by atoms with Crippen LogP contribution in [0.15, 0.2) is 23.1 Å². The molecule has 0 aliphatic heterocycles. The van der Waals surface area contributed by atoms with Crippen LogP contribution in [0.1, 0.15) is 33.6 Å². The van der Waals surface area contributed by atoms with Gasteiger partial charge in [-0.25, -0.2) is 0 Å². The fraction of sp³-hybridized carbons (Fsp3) is 0.556. The molecule has 0 spiro atoms. The van der Waals surface area contributed by atoms with Crippen LogP contribution in [0.25, 0.3) is 0 Å². The Morgan fingerprint density at radius 1 is 1.56 bits per heavy atom. The standard InChI is InChI=1S/C9H14/c1-4-6-8-9(3)7-5-2/h4H,5,7H2,1-3H3. The molecule has 0 heteroatoms. The lowest BCUT2D eigenvalue weighted by Crippen LogP contribution is -1.68. The molecule has 0 atom stereocenters. The number of hydrogen-bond acceptors (Lipinski definition) is 0. The zero-order valence-electron chi connectivity index (χ0n) is 6.49. The van der Waals surface area contributed by atoms with Crippen molar-refractivity contribution in [2.24, 2.45) is 0 Å². The Hall–Kier alpha value is -0.700. The van der Waals surface area contributed by atoms with E-state index < -0.39 is 0 Å². The van der Waals surface area contributed by atoms with Gasteiger partial charge in [-0.1, -0.05) is 24.8 Å². The first-order valence-electron chi connectivity index (χ1n) is 3.43. The lowest BCUT2D eigenvalue weighted by Gasteiger charge is -1.87. The molecule has 0 unspecified atom stereocenters. The SMILES string of the molecule is CC=C=C=C(C)CCC. The zero-order chi connectivity index (χ0) is 7.11. The molecule has 50 valence electrons. The van der Waals surface area contributed by atoms with E-state index in [4.69, 9.17) is 0 Å². The minimum Gasteiger partial charge on any atom is -0.0750 e. The summed E-state index contributed by atoms with van der Waals surface area (Å²) in [6.45, 7) is 6.20. The van der Waals surface area contributed by atoms with Crippen LogP contribution < -0.4 is 0 Å². The first-order valence-corrected chi connectivity index (χ1v) is 3.43. The summed E-state index contributed by atoms with van der Waals surface area (Å²) < 4.78 is 0. The van der Waals surface area contributed by atoms with Crippen molar-refractivity contribution in [3.05, 3.63) is 23.1 Å². The molecular weight excluding hydrogens is 108 g/mol. The first kappa shape index (κ1) is 8.30. The number of allylic oxidation sites excluding steroid dienone is 2. The maximum atomic E-state index is 3.04. The van der Waals surface area contributed by atoms with E-state index in [0.29, 0.717) is 0 Å². The summed E-state index contributed by atoms with van der Waals surface area (Å²) in [6.07, 6.45) is 4.21. The minimum absolute atomic E-state index is 1.14. The van der Waals surface area contributed by atoms with E-state index in [1.165, 1.54) is 12.0 Å². The number of hydrogen-bond donors (Lipinski definition) is 0. The third-order valence-corrected chi connectivity index (χ3v) is 1.05. The van der Waals surface area contributed by atoms with Gasteiger partial charge in [0.1, 0.15) is 0 Å². The van der Waals surface area contributed by atoms with Crippen molar-refractivity contribution in [2.45, 2.75) is 33.6 Å². The van der Waals surface area contributed by atoms with Crippen molar-refractivity contribution in [1.82, 2.24) is 0 Å². The Kier molecular flexibility index (Phi) is 5.01. The van der Waals surface area contributed by atoms with Crippen LogP contribution in [0.2, 0.25) is 0 Å². The van der Waals surface area contributed by atoms with Crippen molar-refractivity contribution < 1.29 is 0 Å². The minimum atomic E-state index is 1.14. The summed E-state index contributed by atoms with van der Waals surface area (Å²) in [7, 11) is 0. The quantitative estimate of drug-likeness (QED) is 0.494. The van der Waals surface area contributed by atoms with Gasteiger partial charge in [0.25, 0.3) is 0 Å². The molecule has 0 aromatic rings. The smallest absolute Gasteiger partial charge is 0.0230 e. The second kappa shape index (κ2) is 5.44. The molecule has 0 fully saturated rings. The summed E-state index contributed by atoms with van der Waals surface area (Å²) in [5, 5.41) is 0. The van der Waals surface area contributed by atoms with E-state index in [-0.39, 0.29) is 0 Å². The van der Waals surface area contributed by atoms with Gasteiger partial charge in [0.15, 0.2) is 0 Å². The third-order valence-electron chi connectivity index (χ3n) is 1.05. The van der Waals surface area contributed by atoms with Crippen LogP contribution in [0.5, 0.6) is 0 Å². The molecule has 0 heterocycles. The van der Waals surface area contributed by atoms with E-state index in [1.807, 2.05) is 13.0 Å². The van der Waals surface area contributed by atoms with Crippen molar-refractivity contribution in [2.75, 3.05) is 0 Å². The van der Waals surface area contributed by atoms with E-state index in [1.54, 1.807) is 0 Å². The average molecular weight is 122 g/mol. The van der Waals surface area contributed by atoms with Crippen LogP contribution in [0.4, 0.5) is 0 Å². The van der Waals surface area contributed by atoms with Gasteiger partial charge in [0.2, 0.25) is 0 Å². The van der Waals surface area contributed by atoms with Crippen LogP contribution in [0.3, 0.4) is 0 Å². The van der Waals surface area contributed by atoms with Crippen molar-refractivity contribution in [1.29, 1.82) is 0 Å². The molecule has 0 amide bonds. The average Bonchev–Trinajstić information content (AvgIpc) is 1.85. The molecular formula is C9H14. The Morgan fingerprint density at radius 2 is 2.22 bits per heavy atom. The van der Waals surface area contributed by atoms with Crippen LogP contribution >= 0.6 is 0 Å². The Morgan fingerprint density at radius 3 is 2.67 bits per heavy atom. The summed E-state index contributed by atoms with van der Waals surface area (Å²) in [5.74, 6) is 0. The van der Waals surface area contributed by atoms with E-state index in [0.717, 1.165) is 6.42 Å². The van der Waals surface area contributed by atoms with Gasteiger partial charge in [0.05, 0.1) is 0 Å². The molecule has 0 bridgehead atoms. The van der Waals surface area contributed by atoms with Gasteiger partial charge in [-0.15, -0.1) is 0 Å². The van der Waals surface area contributed by atoms with Gasteiger partial charge in [-0.2, -0.15) is 0 Å². The molecule has 0 nitrogen and oxygen atoms in total. The highest BCUT2D eigenvalue weighted by Gasteiger charge is 1.80. The predicted molar refractivity (Wildman–Crippen MR) is 41.4 cm³/mol. The Balaban J connectivity index is 3.99. The maximum Gasteiger partial charge on any atom is -0.0230 e. The lowest BCUT2D eigenvalue weighted by atomic mass is 10.2. The normalized spacial score (nSPS) is 7.44. The van der Waals surface area contributed by atoms with Gasteiger partial charge in [0, 0.05) is 0 Å². The fourth-order valence-corrected chi connectivity index (χ4v) is 0.633. The topological polar surface area (TPSA) is 0 Å². The van der Waals surface area contributed by atoms with E-state index in [2.05, 4.69) is 25.3 Å². The summed E-state index contributed by atoms with van der Waals surface area (Å²) in [4.78, 5) is 0. The molecule has 0 aromatic heterocycles. The van der Waals surface area contributed by atoms with Crippen molar-refractivity contribution >= 4 is 0 Å². The summed E-state index contributed by atoms with van der Waals surface area (Å²) in [6, 6.07) is 0. The van der Waals surface area contributed by atoms with Gasteiger partial charge in [-0.3, -0.25) is 0 Å². The Labute approximate surface area is 57.6 Å². The monoisotopic (exact) mass is 122 g/mol. The molecule has 0 saturated heterocycles. The molecule has 0 rings (SSSR count). The van der Waals surface area contributed by atoms with Crippen molar-refractivity contribution in [3.8, 4) is 0 Å². The molecule has 9 heavy (non-hydrogen) atoms. The van der Waals surface area contributed by atoms with Crippen LogP contribution in [-0.4, -0.2) is 0 Å². The van der Waals surface area contributed by atoms with Gasteiger partial charge < -0.3 is 0 Å². The fourth-order valence-electron chi connectivity index (χ4n) is 0.633. The second-order valence-electron chi connectivity index (χ2n) is 2.09. The molecule has 0 aliphatic carbocycles. The largest absolute Gasteiger partial charge is 0.0750 e. The van der Waals surface area contributed by atoms with Gasteiger partial charge in [-0.05, 0) is 31.9 Å². The molecule has 0 aromatic carbocycles. The highest BCUT2D eigenvalue weighted by atomic mass is 13.8. The molecule has 0 aliphatic rings. The lowest BCUT2D eigenvalue weighted by molar-refractivity contribution is 0.908. The predicted octanol–water partition coefficient (Wildman–Crippen LogP) is 3.06. The van der Waals surface area contributed by atoms with Crippen molar-refractivity contribution in [3.63, 3.8) is 0 Å². The first-order chi connectivity index (χ1) is 4.31. The summed E-state index contributed by atoms with van der Waals surface area (Å²) in [5.41, 5.74) is 7.25. The molecule has 0 N–H and O–H groups in total. The number of rotatable bonds is 2. The van der Waals surface area contributed by atoms with Crippen LogP contribution in [-0.2, 0) is 0 Å². The third kappa shape index (κ3) is 5.17. The highest BCUT2D eigenvalue weighted by Crippen LogP contribution is 1.98. The van der Waals surface area contributed by atoms with Gasteiger partial charge >= 0.3 is 0 Å². The molecule has 0 radical (unpaired) electrons.